The van der Waals surface area contributed by atoms with Crippen LogP contribution in [0.2, 0.25) is 0 Å². The smallest absolute Gasteiger partial charge is 0.790 e. The van der Waals surface area contributed by atoms with Gasteiger partial charge in [-0.05, 0) is 48.5 Å². The SMILES string of the molecule is O.O.O.O.O.O.O=P([O-])([O-])OP(=O)([O-])[O-].[Cu+2].[Cu+2].c1ccc(Nc2ccccn2)nc1.c1ccc(Nc2ccccn2)nc1. The van der Waals surface area contributed by atoms with Crippen molar-refractivity contribution in [2.45, 2.75) is 0 Å². The van der Waals surface area contributed by atoms with Crippen LogP contribution in [0.15, 0.2) is 97.6 Å². The average Bonchev–Trinajstić information content (AvgIpc) is 2.80. The normalized spacial score (nSPS) is 8.65. The maximum absolute atomic E-state index is 9.32. The summed E-state index contributed by atoms with van der Waals surface area (Å²) < 4.78 is 21.2. The van der Waals surface area contributed by atoms with Crippen molar-refractivity contribution in [3.63, 3.8) is 0 Å². The molecule has 0 aliphatic carbocycles. The molecule has 4 aromatic heterocycles. The minimum atomic E-state index is -5.68. The number of nitrogens with one attached hydrogen (secondary N) is 2. The molecule has 0 saturated heterocycles. The summed E-state index contributed by atoms with van der Waals surface area (Å²) in [6.45, 7) is 0. The van der Waals surface area contributed by atoms with Gasteiger partial charge in [0.15, 0.2) is 0 Å². The van der Waals surface area contributed by atoms with E-state index in [1.54, 1.807) is 24.8 Å². The second kappa shape index (κ2) is 29.3. The monoisotopic (exact) mass is 750 g/mol. The molecule has 0 spiro atoms. The van der Waals surface area contributed by atoms with Crippen LogP contribution < -0.4 is 30.2 Å². The predicted molar refractivity (Wildman–Crippen MR) is 141 cm³/mol. The van der Waals surface area contributed by atoms with E-state index in [0.29, 0.717) is 0 Å². The van der Waals surface area contributed by atoms with Crippen molar-refractivity contribution in [2.24, 2.45) is 0 Å². The fourth-order valence-corrected chi connectivity index (χ4v) is 3.11. The maximum Gasteiger partial charge on any atom is 2.00 e. The Morgan fingerprint density at radius 2 is 0.674 bits per heavy atom. The number of nitrogens with zero attached hydrogens (tertiary/aromatic N) is 4. The molecule has 4 heterocycles. The Kier molecular flexibility index (Phi) is 38.3. The Morgan fingerprint density at radius 1 is 0.465 bits per heavy atom. The van der Waals surface area contributed by atoms with Crippen molar-refractivity contribution in [1.82, 2.24) is 19.9 Å². The first-order valence-corrected chi connectivity index (χ1v) is 12.5. The van der Waals surface area contributed by atoms with Gasteiger partial charge in [-0.2, -0.15) is 0 Å². The molecular weight excluding hydrogens is 721 g/mol. The minimum absolute atomic E-state index is 0. The zero-order valence-electron chi connectivity index (χ0n) is 21.4. The Labute approximate surface area is 266 Å². The summed E-state index contributed by atoms with van der Waals surface area (Å²) in [7, 11) is -11.4. The quantitative estimate of drug-likeness (QED) is 0.141. The van der Waals surface area contributed by atoms with Crippen molar-refractivity contribution in [1.29, 1.82) is 0 Å². The van der Waals surface area contributed by atoms with Gasteiger partial charge < -0.3 is 76.5 Å². The van der Waals surface area contributed by atoms with Crippen molar-refractivity contribution in [3.05, 3.63) is 97.6 Å². The number of aromatic nitrogens is 4. The molecule has 0 aromatic carbocycles. The van der Waals surface area contributed by atoms with Crippen molar-refractivity contribution in [2.75, 3.05) is 10.6 Å². The Bertz CT molecular complexity index is 1070. The molecule has 0 fully saturated rings. The molecule has 4 aromatic rings. The van der Waals surface area contributed by atoms with Gasteiger partial charge >= 0.3 is 34.1 Å². The van der Waals surface area contributed by atoms with Gasteiger partial charge in [-0.15, -0.1) is 0 Å². The van der Waals surface area contributed by atoms with Gasteiger partial charge in [0.2, 0.25) is 0 Å². The van der Waals surface area contributed by atoms with E-state index in [1.807, 2.05) is 72.8 Å². The van der Waals surface area contributed by atoms with Crippen LogP contribution >= 0.6 is 15.6 Å². The molecule has 14 N–H and O–H groups in total. The second-order valence-corrected chi connectivity index (χ2v) is 8.53. The predicted octanol–water partition coefficient (Wildman–Crippen LogP) is -3.85. The summed E-state index contributed by atoms with van der Waals surface area (Å²) >= 11 is 0. The van der Waals surface area contributed by atoms with Crippen LogP contribution in [-0.2, 0) is 47.6 Å². The molecule has 23 heteroatoms. The maximum atomic E-state index is 9.32. The largest absolute Gasteiger partial charge is 2.00 e. The first-order chi connectivity index (χ1) is 16.6. The van der Waals surface area contributed by atoms with Crippen LogP contribution in [-0.4, -0.2) is 52.8 Å². The van der Waals surface area contributed by atoms with Gasteiger partial charge in [0.05, 0.1) is 15.6 Å². The summed E-state index contributed by atoms with van der Waals surface area (Å²) in [6, 6.07) is 22.8. The first-order valence-electron chi connectivity index (χ1n) is 9.54. The third kappa shape index (κ3) is 29.1. The molecule has 4 rings (SSSR count). The van der Waals surface area contributed by atoms with Crippen LogP contribution in [0.4, 0.5) is 23.3 Å². The van der Waals surface area contributed by atoms with E-state index in [2.05, 4.69) is 34.9 Å². The molecule has 0 unspecified atom stereocenters. The molecular formula is C20H30Cu2N6O13P2. The molecule has 0 amide bonds. The standard InChI is InChI=1S/2C10H9N3.2Cu.H4O7P2.6H2O/c2*1-3-7-11-9(5-1)13-10-6-2-4-8-12-10;;;1-8(2,3)7-9(4,5)6;;;;;;/h2*1-8H,(H,11,12,13);;;(H2,1,2,3)(H2,4,5,6);6*1H2/q;;2*+2;;;;;;;/p-4. The number of anilines is 4. The zero-order valence-corrected chi connectivity index (χ0v) is 25.1. The van der Waals surface area contributed by atoms with Gasteiger partial charge in [-0.3, -0.25) is 0 Å². The molecule has 0 saturated carbocycles. The summed E-state index contributed by atoms with van der Waals surface area (Å²) in [5.41, 5.74) is 0. The molecule has 0 aliphatic heterocycles. The number of phosphoric acid groups is 2. The van der Waals surface area contributed by atoms with E-state index >= 15 is 0 Å². The van der Waals surface area contributed by atoms with E-state index in [4.69, 9.17) is 0 Å². The topological polar surface area (TPSA) is 400 Å². The first kappa shape index (κ1) is 56.1. The van der Waals surface area contributed by atoms with Crippen LogP contribution in [0.25, 0.3) is 0 Å². The zero-order chi connectivity index (χ0) is 25.6. The van der Waals surface area contributed by atoms with Crippen molar-refractivity contribution < 1.29 is 100 Å². The van der Waals surface area contributed by atoms with Crippen molar-refractivity contribution in [3.8, 4) is 0 Å². The molecule has 0 aliphatic rings. The number of pyridine rings is 4. The summed E-state index contributed by atoms with van der Waals surface area (Å²) in [6.07, 6.45) is 6.97. The van der Waals surface area contributed by atoms with E-state index in [9.17, 15) is 28.7 Å². The fraction of sp³-hybridized carbons (Fsp3) is 0. The van der Waals surface area contributed by atoms with E-state index in [0.717, 1.165) is 23.3 Å². The number of hydrogen-bond donors (Lipinski definition) is 2. The van der Waals surface area contributed by atoms with Crippen LogP contribution in [0.3, 0.4) is 0 Å². The van der Waals surface area contributed by atoms with Gasteiger partial charge in [-0.1, -0.05) is 24.3 Å². The summed E-state index contributed by atoms with van der Waals surface area (Å²) in [5.74, 6) is 3.23. The van der Waals surface area contributed by atoms with E-state index < -0.39 is 15.6 Å². The summed E-state index contributed by atoms with van der Waals surface area (Å²) in [4.78, 5) is 53.8. The van der Waals surface area contributed by atoms with Crippen LogP contribution in [0.1, 0.15) is 0 Å². The molecule has 2 radical (unpaired) electrons. The summed E-state index contributed by atoms with van der Waals surface area (Å²) in [5, 5.41) is 6.16. The minimum Gasteiger partial charge on any atom is -0.790 e. The third-order valence-corrected chi connectivity index (χ3v) is 4.97. The molecule has 0 atom stereocenters. The Morgan fingerprint density at radius 3 is 0.791 bits per heavy atom. The third-order valence-electron chi connectivity index (χ3n) is 3.37. The molecule has 19 nitrogen and oxygen atoms in total. The fourth-order valence-electron chi connectivity index (χ4n) is 2.13. The van der Waals surface area contributed by atoms with Gasteiger partial charge in [0, 0.05) is 24.8 Å². The average molecular weight is 752 g/mol. The van der Waals surface area contributed by atoms with Gasteiger partial charge in [-0.25, -0.2) is 19.9 Å². The van der Waals surface area contributed by atoms with E-state index in [-0.39, 0.29) is 67.0 Å². The number of hydrogen-bond acceptors (Lipinski definition) is 13. The van der Waals surface area contributed by atoms with Crippen molar-refractivity contribution >= 4 is 38.9 Å². The number of rotatable bonds is 6. The van der Waals surface area contributed by atoms with Gasteiger partial charge in [0.25, 0.3) is 0 Å². The Balaban J connectivity index is -0.0000000841. The molecule has 250 valence electrons. The molecule has 0 bridgehead atoms. The molecule has 43 heavy (non-hydrogen) atoms. The van der Waals surface area contributed by atoms with Gasteiger partial charge in [0.1, 0.15) is 23.3 Å². The second-order valence-electron chi connectivity index (χ2n) is 6.09. The Hall–Kier alpha value is -2.74. The van der Waals surface area contributed by atoms with Crippen LogP contribution in [0, 0.1) is 0 Å². The van der Waals surface area contributed by atoms with E-state index in [1.165, 1.54) is 0 Å². The van der Waals surface area contributed by atoms with Crippen LogP contribution in [0.5, 0.6) is 0 Å².